The second-order valence-corrected chi connectivity index (χ2v) is 8.33. The van der Waals surface area contributed by atoms with Crippen LogP contribution in [0.4, 0.5) is 11.5 Å². The van der Waals surface area contributed by atoms with Gasteiger partial charge in [0.05, 0.1) is 9.82 Å². The first-order valence-corrected chi connectivity index (χ1v) is 10.3. The predicted molar refractivity (Wildman–Crippen MR) is 102 cm³/mol. The first-order chi connectivity index (χ1) is 12.9. The molecule has 144 valence electrons. The Morgan fingerprint density at radius 1 is 1.11 bits per heavy atom. The summed E-state index contributed by atoms with van der Waals surface area (Å²) in [6.45, 7) is 3.30. The number of sulfonamides is 1. The summed E-state index contributed by atoms with van der Waals surface area (Å²) in [6, 6.07) is 9.92. The minimum absolute atomic E-state index is 0.0691. The van der Waals surface area contributed by atoms with Gasteiger partial charge in [-0.2, -0.15) is 4.31 Å². The van der Waals surface area contributed by atoms with E-state index in [9.17, 15) is 18.5 Å². The number of aryl methyl sites for hydroxylation is 1. The van der Waals surface area contributed by atoms with E-state index in [1.54, 1.807) is 17.0 Å². The minimum atomic E-state index is -3.57. The smallest absolute Gasteiger partial charge is 0.311 e. The van der Waals surface area contributed by atoms with Gasteiger partial charge in [0.15, 0.2) is 0 Å². The van der Waals surface area contributed by atoms with E-state index < -0.39 is 14.9 Å². The maximum atomic E-state index is 12.9. The largest absolute Gasteiger partial charge is 0.348 e. The summed E-state index contributed by atoms with van der Waals surface area (Å²) >= 11 is 0. The number of anilines is 1. The van der Waals surface area contributed by atoms with Crippen molar-refractivity contribution in [2.24, 2.45) is 0 Å². The fourth-order valence-corrected chi connectivity index (χ4v) is 4.60. The highest BCUT2D eigenvalue weighted by atomic mass is 32.2. The van der Waals surface area contributed by atoms with Gasteiger partial charge in [0.1, 0.15) is 0 Å². The van der Waals surface area contributed by atoms with E-state index in [4.69, 9.17) is 0 Å². The fourth-order valence-electron chi connectivity index (χ4n) is 3.18. The molecule has 3 rings (SSSR count). The van der Waals surface area contributed by atoms with Crippen molar-refractivity contribution in [3.05, 3.63) is 58.3 Å². The molecule has 2 heterocycles. The summed E-state index contributed by atoms with van der Waals surface area (Å²) in [5.41, 5.74) is 1.05. The zero-order chi connectivity index (χ0) is 19.4. The van der Waals surface area contributed by atoms with Crippen LogP contribution in [0.25, 0.3) is 0 Å². The molecule has 0 spiro atoms. The predicted octanol–water partition coefficient (Wildman–Crippen LogP) is 2.45. The highest BCUT2D eigenvalue weighted by Crippen LogP contribution is 2.27. The van der Waals surface area contributed by atoms with E-state index in [2.05, 4.69) is 11.9 Å². The normalized spacial score (nSPS) is 15.7. The number of nitro groups is 1. The molecular formula is C18H22N4O4S. The standard InChI is InChI=1S/C18H22N4O4S/c1-2-4-15-6-8-16(9-7-15)27(25,26)21-13-11-20(12-14-21)18-17(22(23)24)5-3-10-19-18/h3,5-10H,2,4,11-14H2,1H3. The lowest BCUT2D eigenvalue weighted by Crippen LogP contribution is -2.49. The average molecular weight is 390 g/mol. The fraction of sp³-hybridized carbons (Fsp3) is 0.389. The van der Waals surface area contributed by atoms with Crippen LogP contribution in [0.2, 0.25) is 0 Å². The highest BCUT2D eigenvalue weighted by Gasteiger charge is 2.31. The number of hydrogen-bond acceptors (Lipinski definition) is 6. The Balaban J connectivity index is 1.72. The van der Waals surface area contributed by atoms with Gasteiger partial charge in [-0.1, -0.05) is 25.5 Å². The molecule has 0 radical (unpaired) electrons. The van der Waals surface area contributed by atoms with Gasteiger partial charge < -0.3 is 4.90 Å². The van der Waals surface area contributed by atoms with Gasteiger partial charge in [0.2, 0.25) is 15.8 Å². The van der Waals surface area contributed by atoms with Crippen molar-refractivity contribution in [1.82, 2.24) is 9.29 Å². The molecule has 0 saturated carbocycles. The molecule has 1 aliphatic rings. The summed E-state index contributed by atoms with van der Waals surface area (Å²) in [5, 5.41) is 11.2. The van der Waals surface area contributed by atoms with Gasteiger partial charge in [0, 0.05) is 38.4 Å². The molecule has 8 nitrogen and oxygen atoms in total. The summed E-state index contributed by atoms with van der Waals surface area (Å²) in [7, 11) is -3.57. The molecule has 0 aliphatic carbocycles. The maximum Gasteiger partial charge on any atom is 0.311 e. The van der Waals surface area contributed by atoms with E-state index in [-0.39, 0.29) is 29.5 Å². The summed E-state index contributed by atoms with van der Waals surface area (Å²) < 4.78 is 27.1. The van der Waals surface area contributed by atoms with Crippen LogP contribution in [0.1, 0.15) is 18.9 Å². The van der Waals surface area contributed by atoms with Crippen molar-refractivity contribution < 1.29 is 13.3 Å². The maximum absolute atomic E-state index is 12.9. The van der Waals surface area contributed by atoms with Gasteiger partial charge in [-0.3, -0.25) is 10.1 Å². The Bertz CT molecular complexity index is 907. The van der Waals surface area contributed by atoms with E-state index in [0.29, 0.717) is 13.1 Å². The highest BCUT2D eigenvalue weighted by molar-refractivity contribution is 7.89. The monoisotopic (exact) mass is 390 g/mol. The lowest BCUT2D eigenvalue weighted by molar-refractivity contribution is -0.384. The van der Waals surface area contributed by atoms with Crippen LogP contribution in [0.5, 0.6) is 0 Å². The Labute approximate surface area is 158 Å². The molecule has 1 aromatic heterocycles. The van der Waals surface area contributed by atoms with Crippen molar-refractivity contribution in [3.8, 4) is 0 Å². The number of benzene rings is 1. The van der Waals surface area contributed by atoms with Crippen LogP contribution in [0, 0.1) is 10.1 Å². The third-order valence-corrected chi connectivity index (χ3v) is 6.51. The van der Waals surface area contributed by atoms with E-state index >= 15 is 0 Å². The van der Waals surface area contributed by atoms with E-state index in [1.165, 1.54) is 22.6 Å². The third-order valence-electron chi connectivity index (χ3n) is 4.60. The molecule has 0 amide bonds. The summed E-state index contributed by atoms with van der Waals surface area (Å²) in [6.07, 6.45) is 3.43. The minimum Gasteiger partial charge on any atom is -0.348 e. The molecule has 1 fully saturated rings. The third kappa shape index (κ3) is 4.09. The Hall–Kier alpha value is -2.52. The second kappa shape index (κ2) is 8.01. The van der Waals surface area contributed by atoms with Crippen molar-refractivity contribution >= 4 is 21.5 Å². The van der Waals surface area contributed by atoms with E-state index in [0.717, 1.165) is 18.4 Å². The number of hydrogen-bond donors (Lipinski definition) is 0. The van der Waals surface area contributed by atoms with Crippen LogP contribution in [-0.2, 0) is 16.4 Å². The molecule has 1 aromatic carbocycles. The van der Waals surface area contributed by atoms with Gasteiger partial charge in [-0.15, -0.1) is 0 Å². The topological polar surface area (TPSA) is 96.7 Å². The zero-order valence-corrected chi connectivity index (χ0v) is 15.9. The van der Waals surface area contributed by atoms with Crippen LogP contribution in [-0.4, -0.2) is 48.8 Å². The zero-order valence-electron chi connectivity index (χ0n) is 15.1. The molecule has 0 unspecified atom stereocenters. The molecule has 1 aliphatic heterocycles. The summed E-state index contributed by atoms with van der Waals surface area (Å²) in [4.78, 5) is 16.9. The Morgan fingerprint density at radius 3 is 2.37 bits per heavy atom. The average Bonchev–Trinajstić information content (AvgIpc) is 2.69. The molecule has 2 aromatic rings. The number of pyridine rings is 1. The van der Waals surface area contributed by atoms with Crippen molar-refractivity contribution in [2.75, 3.05) is 31.1 Å². The first-order valence-electron chi connectivity index (χ1n) is 8.87. The van der Waals surface area contributed by atoms with Crippen molar-refractivity contribution in [3.63, 3.8) is 0 Å². The molecule has 0 bridgehead atoms. The molecule has 27 heavy (non-hydrogen) atoms. The molecule has 9 heteroatoms. The van der Waals surface area contributed by atoms with Crippen LogP contribution in [0.3, 0.4) is 0 Å². The number of nitrogens with zero attached hydrogens (tertiary/aromatic N) is 4. The van der Waals surface area contributed by atoms with Gasteiger partial charge >= 0.3 is 5.69 Å². The summed E-state index contributed by atoms with van der Waals surface area (Å²) in [5.74, 6) is 0.281. The molecule has 1 saturated heterocycles. The van der Waals surface area contributed by atoms with Crippen LogP contribution in [0.15, 0.2) is 47.5 Å². The Morgan fingerprint density at radius 2 is 1.78 bits per heavy atom. The second-order valence-electron chi connectivity index (χ2n) is 6.39. The number of piperazine rings is 1. The number of aromatic nitrogens is 1. The lowest BCUT2D eigenvalue weighted by atomic mass is 10.1. The van der Waals surface area contributed by atoms with Gasteiger partial charge in [0.25, 0.3) is 0 Å². The molecular weight excluding hydrogens is 368 g/mol. The SMILES string of the molecule is CCCc1ccc(S(=O)(=O)N2CCN(c3ncccc3[N+](=O)[O-])CC2)cc1. The van der Waals surface area contributed by atoms with Gasteiger partial charge in [-0.05, 0) is 30.2 Å². The van der Waals surface area contributed by atoms with E-state index in [1.807, 2.05) is 12.1 Å². The first kappa shape index (κ1) is 19.2. The van der Waals surface area contributed by atoms with Crippen LogP contribution < -0.4 is 4.90 Å². The lowest BCUT2D eigenvalue weighted by Gasteiger charge is -2.34. The molecule has 0 N–H and O–H groups in total. The number of rotatable bonds is 6. The van der Waals surface area contributed by atoms with Crippen molar-refractivity contribution in [1.29, 1.82) is 0 Å². The Kier molecular flexibility index (Phi) is 5.71. The van der Waals surface area contributed by atoms with Gasteiger partial charge in [-0.25, -0.2) is 13.4 Å². The van der Waals surface area contributed by atoms with Crippen LogP contribution >= 0.6 is 0 Å². The molecule has 0 atom stereocenters. The van der Waals surface area contributed by atoms with Crippen molar-refractivity contribution in [2.45, 2.75) is 24.7 Å². The quantitative estimate of drug-likeness (QED) is 0.555.